The van der Waals surface area contributed by atoms with Gasteiger partial charge >= 0.3 is 0 Å². The van der Waals surface area contributed by atoms with E-state index in [1.54, 1.807) is 17.5 Å². The molecule has 1 aliphatic heterocycles. The number of sulfonamides is 1. The Morgan fingerprint density at radius 3 is 2.65 bits per heavy atom. The number of rotatable bonds is 6. The molecule has 0 radical (unpaired) electrons. The second kappa shape index (κ2) is 7.32. The van der Waals surface area contributed by atoms with Crippen LogP contribution in [-0.4, -0.2) is 33.0 Å². The number of hydrogen-bond donors (Lipinski definition) is 1. The van der Waals surface area contributed by atoms with Crippen molar-refractivity contribution in [2.24, 2.45) is 0 Å². The topological polar surface area (TPSA) is 49.4 Å². The van der Waals surface area contributed by atoms with E-state index in [1.165, 1.54) is 11.3 Å². The first-order valence-corrected chi connectivity index (χ1v) is 10.3. The summed E-state index contributed by atoms with van der Waals surface area (Å²) in [7, 11) is -3.45. The van der Waals surface area contributed by atoms with Gasteiger partial charge in [-0.15, -0.1) is 11.3 Å². The first kappa shape index (κ1) is 16.9. The van der Waals surface area contributed by atoms with E-state index in [-0.39, 0.29) is 6.04 Å². The van der Waals surface area contributed by atoms with Crippen LogP contribution in [0.15, 0.2) is 46.0 Å². The molecule has 0 saturated carbocycles. The molecule has 1 aromatic heterocycles. The van der Waals surface area contributed by atoms with Gasteiger partial charge in [-0.2, -0.15) is 0 Å². The Morgan fingerprint density at radius 2 is 2.00 bits per heavy atom. The molecule has 1 aromatic carbocycles. The van der Waals surface area contributed by atoms with Gasteiger partial charge in [0.1, 0.15) is 4.21 Å². The molecule has 0 amide bonds. The second-order valence-corrected chi connectivity index (χ2v) is 8.98. The fourth-order valence-corrected chi connectivity index (χ4v) is 5.18. The predicted octanol–water partition coefficient (Wildman–Crippen LogP) is 3.52. The van der Waals surface area contributed by atoms with Gasteiger partial charge in [0.2, 0.25) is 10.0 Å². The lowest BCUT2D eigenvalue weighted by molar-refractivity contribution is 0.246. The summed E-state index contributed by atoms with van der Waals surface area (Å²) in [6, 6.07) is 11.0. The highest BCUT2D eigenvalue weighted by Crippen LogP contribution is 2.27. The maximum Gasteiger partial charge on any atom is 0.250 e. The Balaban J connectivity index is 1.79. The number of likely N-dealkylation sites (tertiary alicyclic amines) is 1. The van der Waals surface area contributed by atoms with Crippen molar-refractivity contribution in [2.45, 2.75) is 23.1 Å². The fraction of sp³-hybridized carbons (Fsp3) is 0.375. The first-order valence-electron chi connectivity index (χ1n) is 7.59. The Bertz CT molecular complexity index is 741. The van der Waals surface area contributed by atoms with Gasteiger partial charge in [-0.05, 0) is 55.1 Å². The van der Waals surface area contributed by atoms with Crippen LogP contribution in [0.3, 0.4) is 0 Å². The molecule has 1 aliphatic rings. The summed E-state index contributed by atoms with van der Waals surface area (Å²) in [6.07, 6.45) is 2.30. The SMILES string of the molecule is O=S(=O)(NCC(c1cccc(Cl)c1)N1CCCC1)c1cccs1. The number of nitrogens with one attached hydrogen (secondary N) is 1. The van der Waals surface area contributed by atoms with E-state index in [9.17, 15) is 8.42 Å². The van der Waals surface area contributed by atoms with Crippen LogP contribution >= 0.6 is 22.9 Å². The molecular weight excluding hydrogens is 352 g/mol. The lowest BCUT2D eigenvalue weighted by atomic mass is 10.1. The van der Waals surface area contributed by atoms with E-state index in [2.05, 4.69) is 9.62 Å². The minimum Gasteiger partial charge on any atom is -0.295 e. The van der Waals surface area contributed by atoms with Crippen molar-refractivity contribution in [1.29, 1.82) is 0 Å². The molecule has 2 aromatic rings. The largest absolute Gasteiger partial charge is 0.295 e. The third-order valence-electron chi connectivity index (χ3n) is 4.04. The van der Waals surface area contributed by atoms with Crippen LogP contribution in [0.2, 0.25) is 5.02 Å². The highest BCUT2D eigenvalue weighted by molar-refractivity contribution is 7.91. The summed E-state index contributed by atoms with van der Waals surface area (Å²) >= 11 is 7.34. The lowest BCUT2D eigenvalue weighted by Gasteiger charge is -2.28. The number of hydrogen-bond acceptors (Lipinski definition) is 4. The standard InChI is InChI=1S/C16H19ClN2O2S2/c17-14-6-3-5-13(11-14)15(19-8-1-2-9-19)12-18-23(20,21)16-7-4-10-22-16/h3-7,10-11,15,18H,1-2,8-9,12H2. The fourth-order valence-electron chi connectivity index (χ4n) is 2.90. The molecule has 1 fully saturated rings. The Kier molecular flexibility index (Phi) is 5.38. The minimum atomic E-state index is -3.45. The van der Waals surface area contributed by atoms with E-state index in [0.717, 1.165) is 31.5 Å². The lowest BCUT2D eigenvalue weighted by Crippen LogP contribution is -2.36. The molecule has 0 aliphatic carbocycles. The van der Waals surface area contributed by atoms with Crippen molar-refractivity contribution in [3.05, 3.63) is 52.4 Å². The Hall–Kier alpha value is -0.920. The van der Waals surface area contributed by atoms with E-state index in [4.69, 9.17) is 11.6 Å². The molecule has 1 N–H and O–H groups in total. The van der Waals surface area contributed by atoms with E-state index in [1.807, 2.05) is 24.3 Å². The summed E-state index contributed by atoms with van der Waals surface area (Å²) in [5.41, 5.74) is 1.05. The molecule has 0 spiro atoms. The number of benzene rings is 1. The Labute approximate surface area is 146 Å². The maximum absolute atomic E-state index is 12.4. The third kappa shape index (κ3) is 4.14. The summed E-state index contributed by atoms with van der Waals surface area (Å²) in [5, 5.41) is 2.44. The van der Waals surface area contributed by atoms with E-state index >= 15 is 0 Å². The summed E-state index contributed by atoms with van der Waals surface area (Å²) in [5.74, 6) is 0. The van der Waals surface area contributed by atoms with E-state index < -0.39 is 10.0 Å². The number of thiophene rings is 1. The van der Waals surface area contributed by atoms with Gasteiger partial charge in [0.15, 0.2) is 0 Å². The highest BCUT2D eigenvalue weighted by Gasteiger charge is 2.26. The summed E-state index contributed by atoms with van der Waals surface area (Å²) in [4.78, 5) is 2.32. The van der Waals surface area contributed by atoms with Crippen LogP contribution in [-0.2, 0) is 10.0 Å². The third-order valence-corrected chi connectivity index (χ3v) is 7.10. The molecule has 7 heteroatoms. The van der Waals surface area contributed by atoms with Crippen molar-refractivity contribution in [3.8, 4) is 0 Å². The maximum atomic E-state index is 12.4. The van der Waals surface area contributed by atoms with Crippen LogP contribution in [0.4, 0.5) is 0 Å². The summed E-state index contributed by atoms with van der Waals surface area (Å²) in [6.45, 7) is 2.32. The molecule has 1 saturated heterocycles. The van der Waals surface area contributed by atoms with Crippen molar-refractivity contribution in [2.75, 3.05) is 19.6 Å². The highest BCUT2D eigenvalue weighted by atomic mass is 35.5. The van der Waals surface area contributed by atoms with E-state index in [0.29, 0.717) is 15.8 Å². The Morgan fingerprint density at radius 1 is 1.22 bits per heavy atom. The molecule has 124 valence electrons. The zero-order valence-electron chi connectivity index (χ0n) is 12.6. The van der Waals surface area contributed by atoms with Crippen LogP contribution in [0.1, 0.15) is 24.4 Å². The number of nitrogens with zero attached hydrogens (tertiary/aromatic N) is 1. The zero-order chi connectivity index (χ0) is 16.3. The van der Waals surface area contributed by atoms with Crippen LogP contribution in [0.5, 0.6) is 0 Å². The van der Waals surface area contributed by atoms with Crippen molar-refractivity contribution in [1.82, 2.24) is 9.62 Å². The van der Waals surface area contributed by atoms with Gasteiger partial charge in [-0.25, -0.2) is 13.1 Å². The molecule has 4 nitrogen and oxygen atoms in total. The van der Waals surface area contributed by atoms with Gasteiger partial charge < -0.3 is 0 Å². The van der Waals surface area contributed by atoms with Gasteiger partial charge in [-0.1, -0.05) is 29.8 Å². The van der Waals surface area contributed by atoms with Crippen molar-refractivity contribution >= 4 is 33.0 Å². The van der Waals surface area contributed by atoms with Crippen molar-refractivity contribution in [3.63, 3.8) is 0 Å². The first-order chi connectivity index (χ1) is 11.1. The zero-order valence-corrected chi connectivity index (χ0v) is 15.0. The quantitative estimate of drug-likeness (QED) is 0.846. The molecular formula is C16H19ClN2O2S2. The predicted molar refractivity (Wildman–Crippen MR) is 94.5 cm³/mol. The molecule has 1 atom stereocenters. The molecule has 2 heterocycles. The van der Waals surface area contributed by atoms with Gasteiger partial charge in [0.05, 0.1) is 0 Å². The van der Waals surface area contributed by atoms with Gasteiger partial charge in [-0.3, -0.25) is 4.90 Å². The van der Waals surface area contributed by atoms with Crippen LogP contribution in [0.25, 0.3) is 0 Å². The molecule has 3 rings (SSSR count). The molecule has 1 unspecified atom stereocenters. The molecule has 23 heavy (non-hydrogen) atoms. The summed E-state index contributed by atoms with van der Waals surface area (Å²) < 4.78 is 27.8. The van der Waals surface area contributed by atoms with Gasteiger partial charge in [0, 0.05) is 17.6 Å². The average molecular weight is 371 g/mol. The van der Waals surface area contributed by atoms with Crippen LogP contribution in [0, 0.1) is 0 Å². The normalized spacial score (nSPS) is 17.4. The van der Waals surface area contributed by atoms with Crippen LogP contribution < -0.4 is 4.72 Å². The smallest absolute Gasteiger partial charge is 0.250 e. The second-order valence-electron chi connectivity index (χ2n) is 5.60. The number of halogens is 1. The van der Waals surface area contributed by atoms with Gasteiger partial charge in [0.25, 0.3) is 0 Å². The monoisotopic (exact) mass is 370 g/mol. The van der Waals surface area contributed by atoms with Crippen molar-refractivity contribution < 1.29 is 8.42 Å². The average Bonchev–Trinajstić information content (AvgIpc) is 3.21. The minimum absolute atomic E-state index is 0.00550. The molecule has 0 bridgehead atoms.